The zero-order valence-corrected chi connectivity index (χ0v) is 16.7. The second-order valence-corrected chi connectivity index (χ2v) is 7.34. The Morgan fingerprint density at radius 1 is 1.30 bits per heavy atom. The molecule has 3 rings (SSSR count). The fourth-order valence-corrected chi connectivity index (χ4v) is 3.34. The summed E-state index contributed by atoms with van der Waals surface area (Å²) in [6.45, 7) is 0. The summed E-state index contributed by atoms with van der Waals surface area (Å²) < 4.78 is 16.2. The Morgan fingerprint density at radius 3 is 2.89 bits per heavy atom. The predicted octanol–water partition coefficient (Wildman–Crippen LogP) is 3.63. The number of amides is 1. The van der Waals surface area contributed by atoms with Gasteiger partial charge < -0.3 is 4.57 Å². The summed E-state index contributed by atoms with van der Waals surface area (Å²) in [5.74, 6) is 0.0967. The number of carbonyl (C=O) groups is 1. The summed E-state index contributed by atoms with van der Waals surface area (Å²) in [4.78, 5) is 11.9. The van der Waals surface area contributed by atoms with Gasteiger partial charge in [-0.15, -0.1) is 10.2 Å². The Bertz CT molecular complexity index is 991. The number of aromatic nitrogens is 3. The van der Waals surface area contributed by atoms with Gasteiger partial charge in [-0.2, -0.15) is 5.10 Å². The van der Waals surface area contributed by atoms with Gasteiger partial charge in [0.1, 0.15) is 5.82 Å². The van der Waals surface area contributed by atoms with Gasteiger partial charge in [0.2, 0.25) is 0 Å². The average molecular weight is 448 g/mol. The number of benzene rings is 2. The molecule has 1 aromatic heterocycles. The standard InChI is InChI=1S/C18H15BrFN5OS/c1-25-17(12-6-4-7-14(19)9-12)23-24-18(25)27-11-16(26)22-21-10-13-5-2-3-8-15(13)20/h2-10H,11H2,1H3,(H,22,26). The molecule has 0 saturated carbocycles. The Hall–Kier alpha value is -2.52. The molecule has 0 aliphatic rings. The molecule has 1 heterocycles. The molecule has 0 bridgehead atoms. The number of rotatable bonds is 6. The lowest BCUT2D eigenvalue weighted by Gasteiger charge is -2.04. The Morgan fingerprint density at radius 2 is 2.11 bits per heavy atom. The van der Waals surface area contributed by atoms with Crippen molar-refractivity contribution in [3.05, 3.63) is 64.4 Å². The number of nitrogens with one attached hydrogen (secondary N) is 1. The molecule has 6 nitrogen and oxygen atoms in total. The van der Waals surface area contributed by atoms with Gasteiger partial charge >= 0.3 is 0 Å². The van der Waals surface area contributed by atoms with E-state index in [2.05, 4.69) is 36.7 Å². The number of carbonyl (C=O) groups excluding carboxylic acids is 1. The highest BCUT2D eigenvalue weighted by molar-refractivity contribution is 9.10. The van der Waals surface area contributed by atoms with Crippen molar-refractivity contribution in [2.45, 2.75) is 5.16 Å². The molecule has 138 valence electrons. The summed E-state index contributed by atoms with van der Waals surface area (Å²) in [7, 11) is 1.84. The lowest BCUT2D eigenvalue weighted by atomic mass is 10.2. The number of halogens is 2. The Labute approximate surface area is 168 Å². The van der Waals surface area contributed by atoms with Gasteiger partial charge in [0.05, 0.1) is 12.0 Å². The first kappa shape index (κ1) is 19.2. The fraction of sp³-hybridized carbons (Fsp3) is 0.111. The molecule has 9 heteroatoms. The van der Waals surface area contributed by atoms with Gasteiger partial charge in [-0.1, -0.05) is 58.0 Å². The van der Waals surface area contributed by atoms with E-state index in [9.17, 15) is 9.18 Å². The van der Waals surface area contributed by atoms with Crippen molar-refractivity contribution in [3.8, 4) is 11.4 Å². The first-order chi connectivity index (χ1) is 13.0. The summed E-state index contributed by atoms with van der Waals surface area (Å²) in [6, 6.07) is 13.9. The average Bonchev–Trinajstić information content (AvgIpc) is 3.02. The van der Waals surface area contributed by atoms with Gasteiger partial charge in [-0.25, -0.2) is 9.82 Å². The van der Waals surface area contributed by atoms with Crippen LogP contribution in [-0.2, 0) is 11.8 Å². The van der Waals surface area contributed by atoms with Crippen molar-refractivity contribution >= 4 is 39.8 Å². The first-order valence-electron chi connectivity index (χ1n) is 7.89. The molecule has 0 unspecified atom stereocenters. The van der Waals surface area contributed by atoms with Crippen LogP contribution in [0.25, 0.3) is 11.4 Å². The molecule has 27 heavy (non-hydrogen) atoms. The number of hydrogen-bond acceptors (Lipinski definition) is 5. The van der Waals surface area contributed by atoms with Gasteiger partial charge in [0.25, 0.3) is 5.91 Å². The molecule has 1 amide bonds. The van der Waals surface area contributed by atoms with Crippen LogP contribution in [0.2, 0.25) is 0 Å². The van der Waals surface area contributed by atoms with Crippen molar-refractivity contribution in [3.63, 3.8) is 0 Å². The minimum atomic E-state index is -0.399. The fourth-order valence-electron chi connectivity index (χ4n) is 2.24. The lowest BCUT2D eigenvalue weighted by molar-refractivity contribution is -0.118. The summed E-state index contributed by atoms with van der Waals surface area (Å²) in [6.07, 6.45) is 1.27. The summed E-state index contributed by atoms with van der Waals surface area (Å²) >= 11 is 4.68. The second-order valence-electron chi connectivity index (χ2n) is 5.48. The molecule has 0 atom stereocenters. The molecule has 2 aromatic carbocycles. The van der Waals surface area contributed by atoms with E-state index in [0.29, 0.717) is 16.5 Å². The Kier molecular flexibility index (Phi) is 6.36. The van der Waals surface area contributed by atoms with E-state index >= 15 is 0 Å². The smallest absolute Gasteiger partial charge is 0.250 e. The summed E-state index contributed by atoms with van der Waals surface area (Å²) in [5.41, 5.74) is 3.60. The molecule has 3 aromatic rings. The number of nitrogens with zero attached hydrogens (tertiary/aromatic N) is 4. The monoisotopic (exact) mass is 447 g/mol. The third kappa shape index (κ3) is 5.01. The van der Waals surface area contributed by atoms with Crippen LogP contribution < -0.4 is 5.43 Å². The van der Waals surface area contributed by atoms with Gasteiger partial charge in [0, 0.05) is 22.6 Å². The van der Waals surface area contributed by atoms with E-state index in [1.165, 1.54) is 24.0 Å². The molecule has 0 spiro atoms. The highest BCUT2D eigenvalue weighted by Gasteiger charge is 2.13. The SMILES string of the molecule is Cn1c(SCC(=O)NN=Cc2ccccc2F)nnc1-c1cccc(Br)c1. The van der Waals surface area contributed by atoms with Crippen LogP contribution in [0.4, 0.5) is 4.39 Å². The summed E-state index contributed by atoms with van der Waals surface area (Å²) in [5, 5.41) is 12.7. The van der Waals surface area contributed by atoms with Gasteiger partial charge in [-0.05, 0) is 18.2 Å². The normalized spacial score (nSPS) is 11.1. The van der Waals surface area contributed by atoms with E-state index in [4.69, 9.17) is 0 Å². The van der Waals surface area contributed by atoms with Crippen LogP contribution in [0, 0.1) is 5.82 Å². The van der Waals surface area contributed by atoms with Crippen molar-refractivity contribution in [2.75, 3.05) is 5.75 Å². The lowest BCUT2D eigenvalue weighted by Crippen LogP contribution is -2.20. The molecule has 1 N–H and O–H groups in total. The van der Waals surface area contributed by atoms with E-state index in [1.54, 1.807) is 18.2 Å². The molecular weight excluding hydrogens is 433 g/mol. The molecule has 0 aliphatic carbocycles. The van der Waals surface area contributed by atoms with Crippen molar-refractivity contribution in [1.29, 1.82) is 0 Å². The number of thioether (sulfide) groups is 1. The van der Waals surface area contributed by atoms with E-state index in [1.807, 2.05) is 35.9 Å². The van der Waals surface area contributed by atoms with Crippen LogP contribution >= 0.6 is 27.7 Å². The van der Waals surface area contributed by atoms with Crippen LogP contribution in [0.3, 0.4) is 0 Å². The third-order valence-corrected chi connectivity index (χ3v) is 5.06. The highest BCUT2D eigenvalue weighted by atomic mass is 79.9. The van der Waals surface area contributed by atoms with Gasteiger partial charge in [-0.3, -0.25) is 4.79 Å². The predicted molar refractivity (Wildman–Crippen MR) is 107 cm³/mol. The van der Waals surface area contributed by atoms with Crippen LogP contribution in [-0.4, -0.2) is 32.6 Å². The Balaban J connectivity index is 1.57. The highest BCUT2D eigenvalue weighted by Crippen LogP contribution is 2.24. The maximum Gasteiger partial charge on any atom is 0.250 e. The van der Waals surface area contributed by atoms with E-state index in [0.717, 1.165) is 10.0 Å². The minimum Gasteiger partial charge on any atom is -0.305 e. The topological polar surface area (TPSA) is 72.2 Å². The molecule has 0 radical (unpaired) electrons. The number of hydrogen-bond donors (Lipinski definition) is 1. The largest absolute Gasteiger partial charge is 0.305 e. The van der Waals surface area contributed by atoms with Gasteiger partial charge in [0.15, 0.2) is 11.0 Å². The third-order valence-electron chi connectivity index (χ3n) is 3.55. The number of hydrazone groups is 1. The van der Waals surface area contributed by atoms with Crippen molar-refractivity contribution in [1.82, 2.24) is 20.2 Å². The molecular formula is C18H15BrFN5OS. The van der Waals surface area contributed by atoms with Crippen molar-refractivity contribution in [2.24, 2.45) is 12.1 Å². The molecule has 0 fully saturated rings. The van der Waals surface area contributed by atoms with Crippen LogP contribution in [0.15, 0.2) is 63.3 Å². The zero-order valence-electron chi connectivity index (χ0n) is 14.3. The second kappa shape index (κ2) is 8.92. The van der Waals surface area contributed by atoms with Crippen LogP contribution in [0.1, 0.15) is 5.56 Å². The zero-order chi connectivity index (χ0) is 19.2. The van der Waals surface area contributed by atoms with E-state index < -0.39 is 5.82 Å². The maximum absolute atomic E-state index is 13.5. The van der Waals surface area contributed by atoms with Crippen LogP contribution in [0.5, 0.6) is 0 Å². The molecule has 0 aliphatic heterocycles. The van der Waals surface area contributed by atoms with E-state index in [-0.39, 0.29) is 11.7 Å². The maximum atomic E-state index is 13.5. The van der Waals surface area contributed by atoms with Crippen molar-refractivity contribution < 1.29 is 9.18 Å². The minimum absolute atomic E-state index is 0.110. The first-order valence-corrected chi connectivity index (χ1v) is 9.67. The molecule has 0 saturated heterocycles. The quantitative estimate of drug-likeness (QED) is 0.355.